The van der Waals surface area contributed by atoms with Gasteiger partial charge in [-0.25, -0.2) is 0 Å². The van der Waals surface area contributed by atoms with Crippen molar-refractivity contribution in [2.75, 3.05) is 40.8 Å². The van der Waals surface area contributed by atoms with Crippen molar-refractivity contribution in [2.24, 2.45) is 0 Å². The summed E-state index contributed by atoms with van der Waals surface area (Å²) in [5.74, 6) is 0. The van der Waals surface area contributed by atoms with Gasteiger partial charge in [-0.1, -0.05) is 55.4 Å². The van der Waals surface area contributed by atoms with E-state index in [1.165, 1.54) is 0 Å². The Labute approximate surface area is 154 Å². The minimum absolute atomic E-state index is 0. The average molecular weight is 467 g/mol. The third-order valence-electron chi connectivity index (χ3n) is 1.59. The molecule has 0 aliphatic rings. The maximum atomic E-state index is 4.41. The summed E-state index contributed by atoms with van der Waals surface area (Å²) in [5.41, 5.74) is 0.147. The van der Waals surface area contributed by atoms with E-state index in [4.69, 9.17) is 0 Å². The second kappa shape index (κ2) is 28.8. The van der Waals surface area contributed by atoms with Crippen LogP contribution in [0.4, 0.5) is 0 Å². The Morgan fingerprint density at radius 3 is 0.905 bits per heavy atom. The van der Waals surface area contributed by atoms with Crippen LogP contribution in [-0.4, -0.2) is 52.4 Å². The summed E-state index contributed by atoms with van der Waals surface area (Å²) in [6.45, 7) is 19.4. The van der Waals surface area contributed by atoms with Gasteiger partial charge in [0.25, 0.3) is 0 Å². The molecule has 0 saturated carbocycles. The molecule has 0 bridgehead atoms. The summed E-state index contributed by atoms with van der Waals surface area (Å²) in [7, 11) is 5.42. The van der Waals surface area contributed by atoms with E-state index in [-0.39, 0.29) is 31.4 Å². The molecule has 0 rings (SSSR count). The molecule has 0 spiro atoms. The van der Waals surface area contributed by atoms with Gasteiger partial charge in [0.2, 0.25) is 0 Å². The monoisotopic (exact) mass is 468 g/mol. The summed E-state index contributed by atoms with van der Waals surface area (Å²) < 4.78 is 0. The van der Waals surface area contributed by atoms with Crippen molar-refractivity contribution in [1.29, 1.82) is 0 Å². The first-order valence-corrected chi connectivity index (χ1v) is 7.55. The Balaban J connectivity index is -0.0000000570. The number of rotatable bonds is 4. The molecule has 0 radical (unpaired) electrons. The zero-order chi connectivity index (χ0) is 17.0. The van der Waals surface area contributed by atoms with Crippen molar-refractivity contribution >= 4 is 0 Å². The molecule has 0 aromatic rings. The van der Waals surface area contributed by atoms with Crippen molar-refractivity contribution in [3.8, 4) is 0 Å². The molecule has 0 aromatic carbocycles. The molecular weight excluding hydrogens is 427 g/mol. The van der Waals surface area contributed by atoms with Crippen LogP contribution in [0.5, 0.6) is 0 Å². The Bertz CT molecular complexity index is 121. The van der Waals surface area contributed by atoms with Crippen molar-refractivity contribution < 1.29 is 25.8 Å². The Morgan fingerprint density at radius 1 is 0.714 bits per heavy atom. The van der Waals surface area contributed by atoms with Gasteiger partial charge in [0.15, 0.2) is 0 Å². The van der Waals surface area contributed by atoms with Crippen LogP contribution in [0.3, 0.4) is 0 Å². The van der Waals surface area contributed by atoms with Gasteiger partial charge in [0.1, 0.15) is 0 Å². The van der Waals surface area contributed by atoms with Crippen LogP contribution in [0.25, 0.3) is 21.3 Å². The second-order valence-electron chi connectivity index (χ2n) is 5.29. The van der Waals surface area contributed by atoms with Gasteiger partial charge in [-0.05, 0) is 0 Å². The molecular formula is C16H40HfN4. The van der Waals surface area contributed by atoms with E-state index in [2.05, 4.69) is 55.9 Å². The van der Waals surface area contributed by atoms with Crippen molar-refractivity contribution in [3.05, 3.63) is 21.3 Å². The fourth-order valence-electron chi connectivity index (χ4n) is 0.775. The van der Waals surface area contributed by atoms with E-state index in [1.807, 2.05) is 20.8 Å². The quantitative estimate of drug-likeness (QED) is 0.485. The average Bonchev–Trinajstić information content (AvgIpc) is 2.36. The molecule has 0 saturated heterocycles. The topological polar surface area (TPSA) is 56.4 Å². The van der Waals surface area contributed by atoms with Gasteiger partial charge < -0.3 is 21.3 Å². The summed E-state index contributed by atoms with van der Waals surface area (Å²) >= 11 is 0. The molecule has 0 aliphatic carbocycles. The normalized spacial score (nSPS) is 9.14. The van der Waals surface area contributed by atoms with Crippen molar-refractivity contribution in [1.82, 2.24) is 0 Å². The van der Waals surface area contributed by atoms with Crippen molar-refractivity contribution in [2.45, 2.75) is 67.0 Å². The third-order valence-corrected chi connectivity index (χ3v) is 1.59. The molecule has 0 heterocycles. The van der Waals surface area contributed by atoms with Crippen LogP contribution in [0, 0.1) is 0 Å². The molecule has 21 heavy (non-hydrogen) atoms. The number of hydrogen-bond donors (Lipinski definition) is 0. The van der Waals surface area contributed by atoms with Gasteiger partial charge >= 0.3 is 25.8 Å². The van der Waals surface area contributed by atoms with Crippen molar-refractivity contribution in [3.63, 3.8) is 0 Å². The van der Waals surface area contributed by atoms with E-state index in [9.17, 15) is 0 Å². The fraction of sp³-hybridized carbons (Fsp3) is 1.00. The van der Waals surface area contributed by atoms with E-state index < -0.39 is 0 Å². The minimum atomic E-state index is 0. The molecule has 0 amide bonds. The summed E-state index contributed by atoms with van der Waals surface area (Å²) in [4.78, 5) is 0. The maximum absolute atomic E-state index is 4.41. The Morgan fingerprint density at radius 2 is 0.905 bits per heavy atom. The third kappa shape index (κ3) is 95.6. The first kappa shape index (κ1) is 33.3. The molecule has 0 atom stereocenters. The standard InChI is InChI=1S/C7H16N.3C3H8N.Hf/c1-6(2)8-7(3,4)5;3*1-3-4-2;/h6H,1-5H3;3*3H2,1-2H3;/q4*-1;+4. The van der Waals surface area contributed by atoms with Crippen LogP contribution < -0.4 is 0 Å². The van der Waals surface area contributed by atoms with Crippen LogP contribution in [0.15, 0.2) is 0 Å². The predicted octanol–water partition coefficient (Wildman–Crippen LogP) is 5.59. The Hall–Kier alpha value is 0.710. The second-order valence-corrected chi connectivity index (χ2v) is 5.29. The summed E-state index contributed by atoms with van der Waals surface area (Å²) in [5, 5.41) is 15.6. The van der Waals surface area contributed by atoms with Crippen LogP contribution >= 0.6 is 0 Å². The van der Waals surface area contributed by atoms with Crippen LogP contribution in [0.1, 0.15) is 55.4 Å². The van der Waals surface area contributed by atoms with Gasteiger partial charge in [-0.3, -0.25) is 0 Å². The smallest absolute Gasteiger partial charge is 0.665 e. The summed E-state index contributed by atoms with van der Waals surface area (Å²) in [6, 6.07) is 0.468. The first-order valence-electron chi connectivity index (χ1n) is 7.55. The van der Waals surface area contributed by atoms with Crippen LogP contribution in [-0.2, 0) is 25.8 Å². The summed E-state index contributed by atoms with van der Waals surface area (Å²) in [6.07, 6.45) is 0. The largest absolute Gasteiger partial charge is 4.00 e. The van der Waals surface area contributed by atoms with E-state index in [0.29, 0.717) is 6.04 Å². The predicted molar refractivity (Wildman–Crippen MR) is 97.7 cm³/mol. The van der Waals surface area contributed by atoms with Gasteiger partial charge in [-0.15, -0.1) is 11.6 Å². The molecule has 5 heteroatoms. The number of nitrogens with zero attached hydrogens (tertiary/aromatic N) is 4. The first-order chi connectivity index (χ1) is 9.16. The van der Waals surface area contributed by atoms with Gasteiger partial charge in [0.05, 0.1) is 0 Å². The van der Waals surface area contributed by atoms with E-state index in [1.54, 1.807) is 21.1 Å². The molecule has 128 valence electrons. The molecule has 0 unspecified atom stereocenters. The van der Waals surface area contributed by atoms with E-state index >= 15 is 0 Å². The SMILES string of the molecule is CC(C)[N-]C(C)(C)C.CC[N-]C.CC[N-]C.CC[N-]C.[Hf+4]. The molecule has 0 fully saturated rings. The Kier molecular flexibility index (Phi) is 45.8. The number of hydrogen-bond acceptors (Lipinski definition) is 0. The van der Waals surface area contributed by atoms with Gasteiger partial charge in [0, 0.05) is 0 Å². The maximum Gasteiger partial charge on any atom is 4.00 e. The molecule has 0 aliphatic heterocycles. The zero-order valence-electron chi connectivity index (χ0n) is 16.5. The molecule has 0 N–H and O–H groups in total. The molecule has 4 nitrogen and oxygen atoms in total. The van der Waals surface area contributed by atoms with Crippen LogP contribution in [0.2, 0.25) is 0 Å². The zero-order valence-corrected chi connectivity index (χ0v) is 20.1. The molecule has 0 aromatic heterocycles. The minimum Gasteiger partial charge on any atom is -0.665 e. The fourth-order valence-corrected chi connectivity index (χ4v) is 0.775. The van der Waals surface area contributed by atoms with Gasteiger partial charge in [-0.2, -0.15) is 40.8 Å². The van der Waals surface area contributed by atoms with E-state index in [0.717, 1.165) is 19.6 Å².